The van der Waals surface area contributed by atoms with Crippen LogP contribution < -0.4 is 0 Å². The van der Waals surface area contributed by atoms with Crippen molar-refractivity contribution >= 4 is 22.9 Å². The third kappa shape index (κ3) is 4.97. The summed E-state index contributed by atoms with van der Waals surface area (Å²) in [7, 11) is 1.84. The predicted octanol–water partition coefficient (Wildman–Crippen LogP) is 2.36. The Kier molecular flexibility index (Phi) is 6.64. The number of aryl methyl sites for hydroxylation is 1. The maximum Gasteiger partial charge on any atom is 0.246 e. The van der Waals surface area contributed by atoms with Crippen LogP contribution in [0.15, 0.2) is 36.5 Å². The van der Waals surface area contributed by atoms with Crippen molar-refractivity contribution < 1.29 is 9.53 Å². The molecule has 6 heteroatoms. The minimum Gasteiger partial charge on any atom is -0.379 e. The number of hydrogen-bond acceptors (Lipinski definition) is 4. The second-order valence-electron chi connectivity index (χ2n) is 6.75. The number of nitrogens with zero attached hydrogens (tertiary/aromatic N) is 4. The van der Waals surface area contributed by atoms with E-state index in [0.29, 0.717) is 19.5 Å². The van der Waals surface area contributed by atoms with Gasteiger partial charge in [-0.1, -0.05) is 18.2 Å². The highest BCUT2D eigenvalue weighted by Gasteiger charge is 2.12. The van der Waals surface area contributed by atoms with Gasteiger partial charge in [-0.3, -0.25) is 9.69 Å². The molecule has 1 saturated heterocycles. The Labute approximate surface area is 160 Å². The molecule has 1 aliphatic rings. The normalized spacial score (nSPS) is 15.3. The zero-order valence-corrected chi connectivity index (χ0v) is 15.8. The SMILES string of the molecule is CN(CCN1CCOCC1)C(=O)C=Cc1cn(CCC#N)c2ccccc12. The van der Waals surface area contributed by atoms with Gasteiger partial charge < -0.3 is 14.2 Å². The summed E-state index contributed by atoms with van der Waals surface area (Å²) in [6, 6.07) is 10.3. The quantitative estimate of drug-likeness (QED) is 0.706. The molecule has 3 rings (SSSR count). The largest absolute Gasteiger partial charge is 0.379 e. The van der Waals surface area contributed by atoms with Gasteiger partial charge in [0.1, 0.15) is 0 Å². The fraction of sp³-hybridized carbons (Fsp3) is 0.429. The number of hydrogen-bond donors (Lipinski definition) is 0. The number of fused-ring (bicyclic) bond motifs is 1. The molecule has 1 aliphatic heterocycles. The predicted molar refractivity (Wildman–Crippen MR) is 106 cm³/mol. The molecule has 0 atom stereocenters. The smallest absolute Gasteiger partial charge is 0.246 e. The lowest BCUT2D eigenvalue weighted by atomic mass is 10.1. The van der Waals surface area contributed by atoms with Crippen LogP contribution in [0.4, 0.5) is 0 Å². The first-order valence-corrected chi connectivity index (χ1v) is 9.37. The average molecular weight is 366 g/mol. The molecule has 0 saturated carbocycles. The van der Waals surface area contributed by atoms with Crippen LogP contribution in [0.2, 0.25) is 0 Å². The molecular formula is C21H26N4O2. The summed E-state index contributed by atoms with van der Waals surface area (Å²) < 4.78 is 7.42. The average Bonchev–Trinajstić information content (AvgIpc) is 3.07. The van der Waals surface area contributed by atoms with Crippen molar-refractivity contribution in [2.75, 3.05) is 46.4 Å². The third-order valence-electron chi connectivity index (χ3n) is 4.92. The molecule has 1 aromatic heterocycles. The molecule has 27 heavy (non-hydrogen) atoms. The van der Waals surface area contributed by atoms with Crippen molar-refractivity contribution in [2.45, 2.75) is 13.0 Å². The first-order chi connectivity index (χ1) is 13.2. The number of carbonyl (C=O) groups is 1. The van der Waals surface area contributed by atoms with Gasteiger partial charge in [0.15, 0.2) is 0 Å². The van der Waals surface area contributed by atoms with Crippen molar-refractivity contribution in [3.8, 4) is 6.07 Å². The van der Waals surface area contributed by atoms with Crippen LogP contribution in [0, 0.1) is 11.3 Å². The summed E-state index contributed by atoms with van der Waals surface area (Å²) in [6.45, 7) is 5.62. The number of rotatable bonds is 7. The van der Waals surface area contributed by atoms with Gasteiger partial charge in [-0.2, -0.15) is 5.26 Å². The van der Waals surface area contributed by atoms with E-state index in [2.05, 4.69) is 15.5 Å². The number of carbonyl (C=O) groups excluding carboxylic acids is 1. The maximum atomic E-state index is 12.5. The molecule has 6 nitrogen and oxygen atoms in total. The van der Waals surface area contributed by atoms with E-state index in [0.717, 1.165) is 49.3 Å². The van der Waals surface area contributed by atoms with E-state index in [-0.39, 0.29) is 5.91 Å². The number of para-hydroxylation sites is 1. The van der Waals surface area contributed by atoms with Gasteiger partial charge in [0.25, 0.3) is 0 Å². The molecule has 1 aromatic carbocycles. The van der Waals surface area contributed by atoms with Gasteiger partial charge in [-0.05, 0) is 12.1 Å². The number of nitriles is 1. The zero-order valence-electron chi connectivity index (χ0n) is 15.8. The number of benzene rings is 1. The Morgan fingerprint density at radius 3 is 2.85 bits per heavy atom. The monoisotopic (exact) mass is 366 g/mol. The summed E-state index contributed by atoms with van der Waals surface area (Å²) in [6.07, 6.45) is 5.99. The standard InChI is InChI=1S/C21H26N4O2/c1-23(11-12-24-13-15-27-16-14-24)21(26)8-7-18-17-25(10-4-9-22)20-6-3-2-5-19(18)20/h2-3,5-8,17H,4,10-16H2,1H3. The summed E-state index contributed by atoms with van der Waals surface area (Å²) in [5.41, 5.74) is 2.08. The fourth-order valence-electron chi connectivity index (χ4n) is 3.28. The molecule has 1 fully saturated rings. The van der Waals surface area contributed by atoms with Gasteiger partial charge in [-0.25, -0.2) is 0 Å². The molecule has 1 amide bonds. The highest BCUT2D eigenvalue weighted by atomic mass is 16.5. The molecule has 0 N–H and O–H groups in total. The Morgan fingerprint density at radius 2 is 2.07 bits per heavy atom. The molecule has 0 spiro atoms. The highest BCUT2D eigenvalue weighted by molar-refractivity contribution is 5.96. The molecule has 2 heterocycles. The van der Waals surface area contributed by atoms with Gasteiger partial charge in [0.05, 0.1) is 25.7 Å². The molecule has 0 unspecified atom stereocenters. The molecule has 2 aromatic rings. The Morgan fingerprint density at radius 1 is 1.30 bits per heavy atom. The first-order valence-electron chi connectivity index (χ1n) is 9.37. The molecule has 0 aliphatic carbocycles. The van der Waals surface area contributed by atoms with Crippen LogP contribution in [0.3, 0.4) is 0 Å². The van der Waals surface area contributed by atoms with Gasteiger partial charge in [-0.15, -0.1) is 0 Å². The van der Waals surface area contributed by atoms with Crippen LogP contribution in [-0.4, -0.2) is 66.7 Å². The Hall–Kier alpha value is -2.62. The maximum absolute atomic E-state index is 12.5. The second kappa shape index (κ2) is 9.36. The van der Waals surface area contributed by atoms with Crippen LogP contribution in [0.25, 0.3) is 17.0 Å². The first kappa shape index (κ1) is 19.2. The van der Waals surface area contributed by atoms with Gasteiger partial charge in [0, 0.05) is 68.5 Å². The van der Waals surface area contributed by atoms with Crippen molar-refractivity contribution in [3.05, 3.63) is 42.1 Å². The minimum atomic E-state index is -0.00267. The molecule has 0 radical (unpaired) electrons. The van der Waals surface area contributed by atoms with E-state index in [1.165, 1.54) is 0 Å². The van der Waals surface area contributed by atoms with Crippen molar-refractivity contribution in [3.63, 3.8) is 0 Å². The van der Waals surface area contributed by atoms with Crippen LogP contribution in [0.1, 0.15) is 12.0 Å². The topological polar surface area (TPSA) is 61.5 Å². The lowest BCUT2D eigenvalue weighted by molar-refractivity contribution is -0.125. The number of aromatic nitrogens is 1. The summed E-state index contributed by atoms with van der Waals surface area (Å²) in [5, 5.41) is 9.94. The van der Waals surface area contributed by atoms with Crippen molar-refractivity contribution in [2.24, 2.45) is 0 Å². The van der Waals surface area contributed by atoms with E-state index in [1.54, 1.807) is 11.0 Å². The van der Waals surface area contributed by atoms with Gasteiger partial charge >= 0.3 is 0 Å². The van der Waals surface area contributed by atoms with E-state index >= 15 is 0 Å². The summed E-state index contributed by atoms with van der Waals surface area (Å²) >= 11 is 0. The van der Waals surface area contributed by atoms with E-state index in [1.807, 2.05) is 43.6 Å². The summed E-state index contributed by atoms with van der Waals surface area (Å²) in [4.78, 5) is 16.5. The molecule has 0 bridgehead atoms. The van der Waals surface area contributed by atoms with Crippen molar-refractivity contribution in [1.82, 2.24) is 14.4 Å². The van der Waals surface area contributed by atoms with Crippen molar-refractivity contribution in [1.29, 1.82) is 5.26 Å². The Balaban J connectivity index is 1.64. The second-order valence-corrected chi connectivity index (χ2v) is 6.75. The number of ether oxygens (including phenoxy) is 1. The van der Waals surface area contributed by atoms with Gasteiger partial charge in [0.2, 0.25) is 5.91 Å². The lowest BCUT2D eigenvalue weighted by Gasteiger charge is -2.28. The van der Waals surface area contributed by atoms with E-state index in [4.69, 9.17) is 10.00 Å². The summed E-state index contributed by atoms with van der Waals surface area (Å²) in [5.74, 6) is -0.00267. The third-order valence-corrected chi connectivity index (χ3v) is 4.92. The van der Waals surface area contributed by atoms with Crippen LogP contribution >= 0.6 is 0 Å². The fourth-order valence-corrected chi connectivity index (χ4v) is 3.28. The number of likely N-dealkylation sites (N-methyl/N-ethyl adjacent to an activating group) is 1. The number of morpholine rings is 1. The van der Waals surface area contributed by atoms with Crippen LogP contribution in [-0.2, 0) is 16.1 Å². The number of amides is 1. The lowest BCUT2D eigenvalue weighted by Crippen LogP contribution is -2.41. The van der Waals surface area contributed by atoms with E-state index in [9.17, 15) is 4.79 Å². The minimum absolute atomic E-state index is 0.00267. The molecular weight excluding hydrogens is 340 g/mol. The molecule has 142 valence electrons. The zero-order chi connectivity index (χ0) is 19.1. The Bertz CT molecular complexity index is 843. The van der Waals surface area contributed by atoms with E-state index < -0.39 is 0 Å². The highest BCUT2D eigenvalue weighted by Crippen LogP contribution is 2.22. The van der Waals surface area contributed by atoms with Crippen LogP contribution in [0.5, 0.6) is 0 Å².